The van der Waals surface area contributed by atoms with Gasteiger partial charge in [-0.15, -0.1) is 0 Å². The summed E-state index contributed by atoms with van der Waals surface area (Å²) >= 11 is 0. The number of aliphatic hydroxyl groups excluding tert-OH is 3. The fraction of sp³-hybridized carbons (Fsp3) is 0.806. The number of amides is 1. The topological polar surface area (TPSA) is 89.8 Å². The Morgan fingerprint density at radius 2 is 1.00 bits per heavy atom. The van der Waals surface area contributed by atoms with Crippen LogP contribution in [-0.4, -0.2) is 46.1 Å². The highest BCUT2D eigenvalue weighted by Gasteiger charge is 2.22. The van der Waals surface area contributed by atoms with Gasteiger partial charge in [-0.1, -0.05) is 153 Å². The zero-order valence-corrected chi connectivity index (χ0v) is 26.9. The lowest BCUT2D eigenvalue weighted by atomic mass is 10.0. The highest BCUT2D eigenvalue weighted by molar-refractivity contribution is 5.80. The van der Waals surface area contributed by atoms with Crippen LogP contribution < -0.4 is 5.32 Å². The van der Waals surface area contributed by atoms with E-state index in [0.717, 1.165) is 44.9 Å². The largest absolute Gasteiger partial charge is 0.394 e. The van der Waals surface area contributed by atoms with Crippen molar-refractivity contribution in [1.82, 2.24) is 5.32 Å². The Hall–Kier alpha value is -1.43. The third-order valence-corrected chi connectivity index (χ3v) is 7.71. The molecular formula is C36H67NO4. The van der Waals surface area contributed by atoms with E-state index in [0.29, 0.717) is 6.42 Å². The highest BCUT2D eigenvalue weighted by Crippen LogP contribution is 2.12. The molecule has 0 saturated heterocycles. The van der Waals surface area contributed by atoms with E-state index in [4.69, 9.17) is 0 Å². The van der Waals surface area contributed by atoms with Gasteiger partial charge < -0.3 is 20.6 Å². The first-order valence-electron chi connectivity index (χ1n) is 17.3. The van der Waals surface area contributed by atoms with Gasteiger partial charge in [-0.25, -0.2) is 0 Å². The molecule has 0 aromatic carbocycles. The molecule has 5 heteroatoms. The Kier molecular flexibility index (Phi) is 30.4. The van der Waals surface area contributed by atoms with Gasteiger partial charge in [0.25, 0.3) is 0 Å². The molecule has 0 fully saturated rings. The van der Waals surface area contributed by atoms with Crippen LogP contribution in [0, 0.1) is 0 Å². The number of nitrogens with one attached hydrogen (secondary N) is 1. The van der Waals surface area contributed by atoms with E-state index in [1.807, 2.05) is 6.08 Å². The number of carbonyl (C=O) groups excluding carboxylic acids is 1. The molecule has 0 aromatic rings. The number of carbonyl (C=O) groups is 1. The molecule has 5 nitrogen and oxygen atoms in total. The predicted octanol–water partition coefficient (Wildman–Crippen LogP) is 8.87. The van der Waals surface area contributed by atoms with Crippen molar-refractivity contribution in [1.29, 1.82) is 0 Å². The van der Waals surface area contributed by atoms with Crippen LogP contribution in [0.25, 0.3) is 0 Å². The third-order valence-electron chi connectivity index (χ3n) is 7.71. The molecule has 3 unspecified atom stereocenters. The molecule has 0 aliphatic carbocycles. The molecule has 0 aliphatic heterocycles. The van der Waals surface area contributed by atoms with Crippen LogP contribution in [0.2, 0.25) is 0 Å². The van der Waals surface area contributed by atoms with E-state index in [1.54, 1.807) is 6.08 Å². The van der Waals surface area contributed by atoms with Gasteiger partial charge in [0.1, 0.15) is 6.10 Å². The first-order chi connectivity index (χ1) is 20.1. The first kappa shape index (κ1) is 39.6. The van der Waals surface area contributed by atoms with Gasteiger partial charge in [0.05, 0.1) is 18.8 Å². The molecular weight excluding hydrogens is 510 g/mol. The summed E-state index contributed by atoms with van der Waals surface area (Å²) < 4.78 is 0. The Morgan fingerprint density at radius 3 is 1.49 bits per heavy atom. The number of hydrogen-bond donors (Lipinski definition) is 4. The molecule has 1 amide bonds. The number of rotatable bonds is 30. The molecule has 0 spiro atoms. The fourth-order valence-corrected chi connectivity index (χ4v) is 4.92. The molecule has 4 N–H and O–H groups in total. The van der Waals surface area contributed by atoms with E-state index < -0.39 is 24.2 Å². The van der Waals surface area contributed by atoms with Crippen LogP contribution in [0.3, 0.4) is 0 Å². The summed E-state index contributed by atoms with van der Waals surface area (Å²) in [5.41, 5.74) is 0. The van der Waals surface area contributed by atoms with Crippen molar-refractivity contribution >= 4 is 5.91 Å². The Labute approximate surface area is 254 Å². The average molecular weight is 578 g/mol. The van der Waals surface area contributed by atoms with Crippen molar-refractivity contribution in [3.05, 3.63) is 36.5 Å². The molecule has 41 heavy (non-hydrogen) atoms. The monoisotopic (exact) mass is 578 g/mol. The Balaban J connectivity index is 3.83. The molecule has 0 radical (unpaired) electrons. The summed E-state index contributed by atoms with van der Waals surface area (Å²) in [5, 5.41) is 32.7. The summed E-state index contributed by atoms with van der Waals surface area (Å²) in [6.07, 6.45) is 37.4. The SMILES string of the molecule is CCCCCCCCCCC/C=C/CC/C=C/CC/C=C/C(O)C(CO)NC(=O)C(O)CCCCCCCCCC. The summed E-state index contributed by atoms with van der Waals surface area (Å²) in [7, 11) is 0. The zero-order chi connectivity index (χ0) is 30.2. The second-order valence-electron chi connectivity index (χ2n) is 11.7. The molecule has 0 bridgehead atoms. The van der Waals surface area contributed by atoms with Crippen LogP contribution in [-0.2, 0) is 4.79 Å². The van der Waals surface area contributed by atoms with Gasteiger partial charge in [0.2, 0.25) is 5.91 Å². The molecule has 240 valence electrons. The second kappa shape index (κ2) is 31.5. The lowest BCUT2D eigenvalue weighted by Gasteiger charge is -2.21. The van der Waals surface area contributed by atoms with Gasteiger partial charge in [0.15, 0.2) is 0 Å². The van der Waals surface area contributed by atoms with Gasteiger partial charge >= 0.3 is 0 Å². The van der Waals surface area contributed by atoms with E-state index in [-0.39, 0.29) is 6.61 Å². The highest BCUT2D eigenvalue weighted by atomic mass is 16.3. The van der Waals surface area contributed by atoms with Crippen LogP contribution in [0.15, 0.2) is 36.5 Å². The molecule has 0 aliphatic rings. The fourth-order valence-electron chi connectivity index (χ4n) is 4.92. The van der Waals surface area contributed by atoms with Gasteiger partial charge in [0, 0.05) is 0 Å². The van der Waals surface area contributed by atoms with E-state index in [1.165, 1.54) is 96.3 Å². The maximum atomic E-state index is 12.3. The minimum atomic E-state index is -1.10. The number of unbranched alkanes of at least 4 members (excludes halogenated alkanes) is 18. The smallest absolute Gasteiger partial charge is 0.249 e. The Bertz CT molecular complexity index is 645. The van der Waals surface area contributed by atoms with Gasteiger partial charge in [-0.2, -0.15) is 0 Å². The zero-order valence-electron chi connectivity index (χ0n) is 26.9. The molecule has 0 rings (SSSR count). The standard InChI is InChI=1S/C36H67NO4/c1-3-5-7-9-11-13-14-15-16-17-18-19-20-21-22-23-25-26-28-30-34(39)33(32-38)37-36(41)35(40)31-29-27-24-12-10-8-6-4-2/h18-19,22-23,28,30,33-35,38-40H,3-17,20-21,24-27,29,31-32H2,1-2H3,(H,37,41)/b19-18+,23-22+,30-28+. The first-order valence-corrected chi connectivity index (χ1v) is 17.3. The average Bonchev–Trinajstić information content (AvgIpc) is 2.98. The summed E-state index contributed by atoms with van der Waals surface area (Å²) in [6.45, 7) is 4.10. The molecule has 0 aromatic heterocycles. The van der Waals surface area contributed by atoms with Crippen molar-refractivity contribution in [3.8, 4) is 0 Å². The number of allylic oxidation sites excluding steroid dienone is 5. The van der Waals surface area contributed by atoms with Crippen LogP contribution in [0.4, 0.5) is 0 Å². The quantitative estimate of drug-likeness (QED) is 0.0507. The minimum Gasteiger partial charge on any atom is -0.394 e. The van der Waals surface area contributed by atoms with Crippen molar-refractivity contribution in [3.63, 3.8) is 0 Å². The van der Waals surface area contributed by atoms with Gasteiger partial charge in [-0.3, -0.25) is 4.79 Å². The lowest BCUT2D eigenvalue weighted by Crippen LogP contribution is -2.48. The lowest BCUT2D eigenvalue weighted by molar-refractivity contribution is -0.131. The van der Waals surface area contributed by atoms with E-state index in [2.05, 4.69) is 43.5 Å². The maximum Gasteiger partial charge on any atom is 0.249 e. The van der Waals surface area contributed by atoms with Crippen LogP contribution in [0.1, 0.15) is 162 Å². The maximum absolute atomic E-state index is 12.3. The van der Waals surface area contributed by atoms with Crippen LogP contribution in [0.5, 0.6) is 0 Å². The van der Waals surface area contributed by atoms with Crippen molar-refractivity contribution in [2.45, 2.75) is 180 Å². The van der Waals surface area contributed by atoms with Crippen molar-refractivity contribution < 1.29 is 20.1 Å². The Morgan fingerprint density at radius 1 is 0.585 bits per heavy atom. The summed E-state index contributed by atoms with van der Waals surface area (Å²) in [4.78, 5) is 12.3. The van der Waals surface area contributed by atoms with E-state index in [9.17, 15) is 20.1 Å². The molecule has 3 atom stereocenters. The summed E-state index contributed by atoms with van der Waals surface area (Å²) in [6, 6.07) is -0.815. The predicted molar refractivity (Wildman–Crippen MR) is 176 cm³/mol. The molecule has 0 saturated carbocycles. The second-order valence-corrected chi connectivity index (χ2v) is 11.7. The minimum absolute atomic E-state index is 0.381. The number of aliphatic hydroxyl groups is 3. The normalized spacial score (nSPS) is 14.4. The number of hydrogen-bond acceptors (Lipinski definition) is 4. The molecule has 0 heterocycles. The van der Waals surface area contributed by atoms with Crippen molar-refractivity contribution in [2.75, 3.05) is 6.61 Å². The van der Waals surface area contributed by atoms with E-state index >= 15 is 0 Å². The summed E-state index contributed by atoms with van der Waals surface area (Å²) in [5.74, 6) is -0.524. The van der Waals surface area contributed by atoms with Gasteiger partial charge in [-0.05, 0) is 44.9 Å². The van der Waals surface area contributed by atoms with Crippen molar-refractivity contribution in [2.24, 2.45) is 0 Å². The van der Waals surface area contributed by atoms with Crippen LogP contribution >= 0.6 is 0 Å². The third kappa shape index (κ3) is 27.2.